The monoisotopic (exact) mass is 381 g/mol. The average molecular weight is 381 g/mol. The molecule has 2 aliphatic rings. The number of hydrogen-bond donors (Lipinski definition) is 2. The van der Waals surface area contributed by atoms with Crippen LogP contribution in [0.2, 0.25) is 0 Å². The van der Waals surface area contributed by atoms with Crippen LogP contribution in [0, 0.1) is 16.0 Å². The first-order valence-electron chi connectivity index (χ1n) is 9.45. The molecule has 0 saturated carbocycles. The molecule has 146 valence electrons. The highest BCUT2D eigenvalue weighted by atomic mass is 16.6. The number of benzene rings is 2. The van der Waals surface area contributed by atoms with Gasteiger partial charge in [-0.15, -0.1) is 0 Å². The second kappa shape index (κ2) is 7.95. The molecule has 2 saturated heterocycles. The summed E-state index contributed by atoms with van der Waals surface area (Å²) >= 11 is 0. The third kappa shape index (κ3) is 3.69. The van der Waals surface area contributed by atoms with Crippen LogP contribution in [0.5, 0.6) is 0 Å². The van der Waals surface area contributed by atoms with Gasteiger partial charge in [-0.3, -0.25) is 20.3 Å². The van der Waals surface area contributed by atoms with Crippen molar-refractivity contribution in [2.24, 2.45) is 5.92 Å². The smallest absolute Gasteiger partial charge is 0.269 e. The third-order valence-electron chi connectivity index (χ3n) is 5.47. The fourth-order valence-electron chi connectivity index (χ4n) is 3.90. The van der Waals surface area contributed by atoms with Gasteiger partial charge in [-0.2, -0.15) is 0 Å². The van der Waals surface area contributed by atoms with E-state index >= 15 is 0 Å². The summed E-state index contributed by atoms with van der Waals surface area (Å²) in [4.78, 5) is 27.8. The molecule has 2 aromatic carbocycles. The number of amides is 1. The first kappa shape index (κ1) is 18.4. The van der Waals surface area contributed by atoms with E-state index in [2.05, 4.69) is 27.9 Å². The molecule has 0 radical (unpaired) electrons. The molecule has 8 nitrogen and oxygen atoms in total. The van der Waals surface area contributed by atoms with E-state index in [-0.39, 0.29) is 23.6 Å². The molecule has 2 N–H and O–H groups in total. The van der Waals surface area contributed by atoms with Crippen LogP contribution in [-0.4, -0.2) is 48.5 Å². The molecule has 0 spiro atoms. The highest BCUT2D eigenvalue weighted by molar-refractivity contribution is 5.80. The molecule has 2 aliphatic heterocycles. The number of nitrogens with zero attached hydrogens (tertiary/aromatic N) is 3. The Morgan fingerprint density at radius 2 is 1.68 bits per heavy atom. The predicted molar refractivity (Wildman–Crippen MR) is 106 cm³/mol. The van der Waals surface area contributed by atoms with Crippen molar-refractivity contribution in [3.63, 3.8) is 0 Å². The van der Waals surface area contributed by atoms with E-state index in [0.717, 1.165) is 18.7 Å². The van der Waals surface area contributed by atoms with Gasteiger partial charge in [-0.05, 0) is 17.7 Å². The molecule has 2 heterocycles. The Morgan fingerprint density at radius 1 is 1.00 bits per heavy atom. The van der Waals surface area contributed by atoms with Crippen molar-refractivity contribution in [2.75, 3.05) is 37.6 Å². The second-order valence-corrected chi connectivity index (χ2v) is 7.11. The van der Waals surface area contributed by atoms with E-state index in [0.29, 0.717) is 19.6 Å². The summed E-state index contributed by atoms with van der Waals surface area (Å²) in [7, 11) is 0. The zero-order valence-corrected chi connectivity index (χ0v) is 15.5. The van der Waals surface area contributed by atoms with Gasteiger partial charge in [0.2, 0.25) is 5.91 Å². The Bertz CT molecular complexity index is 835. The van der Waals surface area contributed by atoms with Crippen molar-refractivity contribution in [3.05, 3.63) is 70.3 Å². The van der Waals surface area contributed by atoms with Gasteiger partial charge in [0.25, 0.3) is 5.69 Å². The minimum absolute atomic E-state index is 0.0506. The van der Waals surface area contributed by atoms with Gasteiger partial charge in [0.15, 0.2) is 0 Å². The van der Waals surface area contributed by atoms with Crippen LogP contribution < -0.4 is 15.8 Å². The summed E-state index contributed by atoms with van der Waals surface area (Å²) in [6, 6.07) is 16.4. The summed E-state index contributed by atoms with van der Waals surface area (Å²) in [5.74, 6) is -0.113. The van der Waals surface area contributed by atoms with Gasteiger partial charge in [0.05, 0.1) is 16.9 Å². The zero-order chi connectivity index (χ0) is 19.5. The molecule has 2 fully saturated rings. The minimum atomic E-state index is -0.418. The highest BCUT2D eigenvalue weighted by Crippen LogP contribution is 2.28. The number of nitro groups is 1. The van der Waals surface area contributed by atoms with Crippen LogP contribution in [-0.2, 0) is 4.79 Å². The normalized spacial score (nSPS) is 22.3. The van der Waals surface area contributed by atoms with Crippen molar-refractivity contribution < 1.29 is 9.72 Å². The van der Waals surface area contributed by atoms with Crippen molar-refractivity contribution in [3.8, 4) is 0 Å². The number of carbonyl (C=O) groups is 1. The molecule has 2 atom stereocenters. The van der Waals surface area contributed by atoms with Crippen LogP contribution in [0.1, 0.15) is 11.6 Å². The van der Waals surface area contributed by atoms with Crippen LogP contribution in [0.15, 0.2) is 54.6 Å². The van der Waals surface area contributed by atoms with Crippen molar-refractivity contribution in [2.45, 2.75) is 6.04 Å². The maximum Gasteiger partial charge on any atom is 0.269 e. The number of rotatable bonds is 4. The number of carbonyl (C=O) groups excluding carboxylic acids is 1. The van der Waals surface area contributed by atoms with Crippen LogP contribution in [0.25, 0.3) is 0 Å². The Hall–Kier alpha value is -2.97. The Kier molecular flexibility index (Phi) is 5.23. The topological polar surface area (TPSA) is 90.7 Å². The molecule has 28 heavy (non-hydrogen) atoms. The summed E-state index contributed by atoms with van der Waals surface area (Å²) < 4.78 is 0. The van der Waals surface area contributed by atoms with E-state index in [1.807, 2.05) is 23.1 Å². The van der Waals surface area contributed by atoms with Gasteiger partial charge >= 0.3 is 0 Å². The number of nitrogens with one attached hydrogen (secondary N) is 2. The maximum atomic E-state index is 13.1. The standard InChI is InChI=1S/C20H23N5O3/c26-20(24-12-10-23(11-13-24)16-4-2-1-3-5-16)18-14-21-22-19(18)15-6-8-17(9-7-15)25(27)28/h1-9,18-19,21-22H,10-14H2. The number of hydrazine groups is 1. The molecular formula is C20H23N5O3. The van der Waals surface area contributed by atoms with E-state index in [4.69, 9.17) is 0 Å². The molecular weight excluding hydrogens is 358 g/mol. The summed E-state index contributed by atoms with van der Waals surface area (Å²) in [6.07, 6.45) is 0. The average Bonchev–Trinajstić information content (AvgIpc) is 3.24. The van der Waals surface area contributed by atoms with Crippen molar-refractivity contribution >= 4 is 17.3 Å². The van der Waals surface area contributed by atoms with Crippen molar-refractivity contribution in [1.82, 2.24) is 15.8 Å². The lowest BCUT2D eigenvalue weighted by molar-refractivity contribution is -0.384. The van der Waals surface area contributed by atoms with Gasteiger partial charge in [0.1, 0.15) is 0 Å². The first-order valence-corrected chi connectivity index (χ1v) is 9.45. The molecule has 0 aliphatic carbocycles. The lowest BCUT2D eigenvalue weighted by atomic mass is 9.93. The SMILES string of the molecule is O=C(C1CNNC1c1ccc([N+](=O)[O-])cc1)N1CCN(c2ccccc2)CC1. The van der Waals surface area contributed by atoms with Gasteiger partial charge < -0.3 is 9.80 Å². The van der Waals surface area contributed by atoms with E-state index in [1.54, 1.807) is 12.1 Å². The molecule has 4 rings (SSSR count). The number of para-hydroxylation sites is 1. The molecule has 2 unspecified atom stereocenters. The summed E-state index contributed by atoms with van der Waals surface area (Å²) in [6.45, 7) is 3.55. The quantitative estimate of drug-likeness (QED) is 0.619. The van der Waals surface area contributed by atoms with E-state index in [9.17, 15) is 14.9 Å². The Balaban J connectivity index is 1.41. The number of piperazine rings is 1. The number of nitro benzene ring substituents is 1. The molecule has 2 aromatic rings. The lowest BCUT2D eigenvalue weighted by Gasteiger charge is -2.37. The second-order valence-electron chi connectivity index (χ2n) is 7.11. The Labute approximate surface area is 163 Å². The molecule has 0 bridgehead atoms. The predicted octanol–water partition coefficient (Wildman–Crippen LogP) is 1.71. The highest BCUT2D eigenvalue weighted by Gasteiger charge is 2.37. The van der Waals surface area contributed by atoms with Gasteiger partial charge in [-0.25, -0.2) is 5.43 Å². The van der Waals surface area contributed by atoms with E-state index in [1.165, 1.54) is 17.8 Å². The lowest BCUT2D eigenvalue weighted by Crippen LogP contribution is -2.51. The fraction of sp³-hybridized carbons (Fsp3) is 0.350. The largest absolute Gasteiger partial charge is 0.368 e. The molecule has 0 aromatic heterocycles. The summed E-state index contributed by atoms with van der Waals surface area (Å²) in [5, 5.41) is 10.9. The van der Waals surface area contributed by atoms with Gasteiger partial charge in [-0.1, -0.05) is 30.3 Å². The van der Waals surface area contributed by atoms with E-state index < -0.39 is 4.92 Å². The number of anilines is 1. The van der Waals surface area contributed by atoms with Crippen LogP contribution in [0.4, 0.5) is 11.4 Å². The molecule has 8 heteroatoms. The fourth-order valence-corrected chi connectivity index (χ4v) is 3.90. The maximum absolute atomic E-state index is 13.1. The van der Waals surface area contributed by atoms with Crippen LogP contribution >= 0.6 is 0 Å². The number of hydrogen-bond acceptors (Lipinski definition) is 6. The minimum Gasteiger partial charge on any atom is -0.368 e. The molecule has 1 amide bonds. The zero-order valence-electron chi connectivity index (χ0n) is 15.5. The van der Waals surface area contributed by atoms with Crippen molar-refractivity contribution in [1.29, 1.82) is 0 Å². The number of non-ortho nitro benzene ring substituents is 1. The third-order valence-corrected chi connectivity index (χ3v) is 5.47. The van der Waals surface area contributed by atoms with Crippen LogP contribution in [0.3, 0.4) is 0 Å². The summed E-state index contributed by atoms with van der Waals surface area (Å²) in [5.41, 5.74) is 8.33. The van der Waals surface area contributed by atoms with Gasteiger partial charge in [0, 0.05) is 50.5 Å². The first-order chi connectivity index (χ1) is 13.6. The Morgan fingerprint density at radius 3 is 2.32 bits per heavy atom.